The molecule has 5 heteroatoms. The van der Waals surface area contributed by atoms with Gasteiger partial charge in [0, 0.05) is 29.6 Å². The lowest BCUT2D eigenvalue weighted by molar-refractivity contribution is 0.0625. The van der Waals surface area contributed by atoms with Gasteiger partial charge in [0.15, 0.2) is 0 Å². The summed E-state index contributed by atoms with van der Waals surface area (Å²) in [4.78, 5) is 16.3. The van der Waals surface area contributed by atoms with Gasteiger partial charge in [-0.25, -0.2) is 0 Å². The molecule has 2 heterocycles. The normalized spacial score (nSPS) is 18.5. The Hall–Kier alpha value is -1.36. The van der Waals surface area contributed by atoms with Crippen LogP contribution in [-0.2, 0) is 0 Å². The number of hydrogen-bond donors (Lipinski definition) is 1. The minimum absolute atomic E-state index is 0.0726. The second-order valence-electron chi connectivity index (χ2n) is 5.61. The monoisotopic (exact) mass is 335 g/mol. The van der Waals surface area contributed by atoms with Crippen molar-refractivity contribution in [1.29, 1.82) is 0 Å². The molecule has 1 aromatic heterocycles. The summed E-state index contributed by atoms with van der Waals surface area (Å²) in [5, 5.41) is 10.00. The van der Waals surface area contributed by atoms with E-state index in [2.05, 4.69) is 0 Å². The standard InChI is InChI=1S/C17H18ClNO2S/c18-14-5-3-13(4-6-14)15-7-8-16(22-15)17(21)19-9-1-2-12(10-19)11-20/h3-8,12,20H,1-2,9-11H2. The van der Waals surface area contributed by atoms with Crippen LogP contribution in [0.5, 0.6) is 0 Å². The molecule has 3 nitrogen and oxygen atoms in total. The van der Waals surface area contributed by atoms with Gasteiger partial charge >= 0.3 is 0 Å². The van der Waals surface area contributed by atoms with Gasteiger partial charge in [0.05, 0.1) is 4.88 Å². The Labute approximate surface area is 139 Å². The Balaban J connectivity index is 1.75. The highest BCUT2D eigenvalue weighted by Crippen LogP contribution is 2.30. The van der Waals surface area contributed by atoms with Crippen molar-refractivity contribution in [2.45, 2.75) is 12.8 Å². The van der Waals surface area contributed by atoms with Crippen LogP contribution in [0, 0.1) is 5.92 Å². The van der Waals surface area contributed by atoms with Crippen LogP contribution in [0.3, 0.4) is 0 Å². The molecule has 0 saturated carbocycles. The minimum atomic E-state index is 0.0726. The number of piperidine rings is 1. The number of aliphatic hydroxyl groups excluding tert-OH is 1. The van der Waals surface area contributed by atoms with Crippen LogP contribution in [0.1, 0.15) is 22.5 Å². The van der Waals surface area contributed by atoms with Crippen LogP contribution >= 0.6 is 22.9 Å². The fraction of sp³-hybridized carbons (Fsp3) is 0.353. The van der Waals surface area contributed by atoms with E-state index in [-0.39, 0.29) is 18.4 Å². The number of aliphatic hydroxyl groups is 1. The fourth-order valence-corrected chi connectivity index (χ4v) is 3.88. The van der Waals surface area contributed by atoms with Crippen molar-refractivity contribution >= 4 is 28.8 Å². The number of amides is 1. The van der Waals surface area contributed by atoms with Gasteiger partial charge in [0.2, 0.25) is 0 Å². The predicted molar refractivity (Wildman–Crippen MR) is 90.5 cm³/mol. The molecule has 3 rings (SSSR count). The maximum atomic E-state index is 12.6. The summed E-state index contributed by atoms with van der Waals surface area (Å²) < 4.78 is 0. The number of rotatable bonds is 3. The molecule has 1 fully saturated rings. The number of nitrogens with zero attached hydrogens (tertiary/aromatic N) is 1. The molecule has 1 atom stereocenters. The van der Waals surface area contributed by atoms with Crippen molar-refractivity contribution in [3.63, 3.8) is 0 Å². The third-order valence-corrected chi connectivity index (χ3v) is 5.38. The van der Waals surface area contributed by atoms with Crippen molar-refractivity contribution in [1.82, 2.24) is 4.90 Å². The number of carbonyl (C=O) groups excluding carboxylic acids is 1. The molecule has 22 heavy (non-hydrogen) atoms. The van der Waals surface area contributed by atoms with Gasteiger partial charge in [-0.05, 0) is 48.6 Å². The van der Waals surface area contributed by atoms with Gasteiger partial charge < -0.3 is 10.0 Å². The molecular formula is C17H18ClNO2S. The number of carbonyl (C=O) groups is 1. The zero-order chi connectivity index (χ0) is 15.5. The van der Waals surface area contributed by atoms with Crippen molar-refractivity contribution < 1.29 is 9.90 Å². The highest BCUT2D eigenvalue weighted by molar-refractivity contribution is 7.17. The molecular weight excluding hydrogens is 318 g/mol. The Kier molecular flexibility index (Phi) is 4.81. The van der Waals surface area contributed by atoms with E-state index in [1.165, 1.54) is 11.3 Å². The summed E-state index contributed by atoms with van der Waals surface area (Å²) in [5.74, 6) is 0.289. The molecule has 0 aliphatic carbocycles. The summed E-state index contributed by atoms with van der Waals surface area (Å²) in [6, 6.07) is 11.5. The van der Waals surface area contributed by atoms with Crippen LogP contribution in [0.2, 0.25) is 5.02 Å². The van der Waals surface area contributed by atoms with E-state index in [9.17, 15) is 9.90 Å². The van der Waals surface area contributed by atoms with E-state index < -0.39 is 0 Å². The van der Waals surface area contributed by atoms with Gasteiger partial charge in [-0.15, -0.1) is 11.3 Å². The number of thiophene rings is 1. The minimum Gasteiger partial charge on any atom is -0.396 e. The van der Waals surface area contributed by atoms with E-state index in [1.807, 2.05) is 41.3 Å². The molecule has 2 aromatic rings. The summed E-state index contributed by atoms with van der Waals surface area (Å²) in [7, 11) is 0. The number of halogens is 1. The van der Waals surface area contributed by atoms with Gasteiger partial charge in [-0.3, -0.25) is 4.79 Å². The first-order valence-corrected chi connectivity index (χ1v) is 8.62. The Morgan fingerprint density at radius 2 is 2.05 bits per heavy atom. The molecule has 0 spiro atoms. The van der Waals surface area contributed by atoms with Crippen molar-refractivity contribution in [2.75, 3.05) is 19.7 Å². The second kappa shape index (κ2) is 6.82. The quantitative estimate of drug-likeness (QED) is 0.923. The Morgan fingerprint density at radius 1 is 1.27 bits per heavy atom. The van der Waals surface area contributed by atoms with Crippen molar-refractivity contribution in [3.8, 4) is 10.4 Å². The zero-order valence-corrected chi connectivity index (χ0v) is 13.7. The number of hydrogen-bond acceptors (Lipinski definition) is 3. The predicted octanol–water partition coefficient (Wildman–Crippen LogP) is 3.91. The summed E-state index contributed by atoms with van der Waals surface area (Å²) in [6.45, 7) is 1.59. The average Bonchev–Trinajstić information content (AvgIpc) is 3.05. The van der Waals surface area contributed by atoms with Crippen LogP contribution in [0.25, 0.3) is 10.4 Å². The lowest BCUT2D eigenvalue weighted by Crippen LogP contribution is -2.40. The molecule has 1 aliphatic heterocycles. The van der Waals surface area contributed by atoms with E-state index in [1.54, 1.807) is 0 Å². The lowest BCUT2D eigenvalue weighted by atomic mass is 9.99. The molecule has 1 amide bonds. The summed E-state index contributed by atoms with van der Waals surface area (Å²) in [6.07, 6.45) is 1.97. The van der Waals surface area contributed by atoms with E-state index in [4.69, 9.17) is 11.6 Å². The summed E-state index contributed by atoms with van der Waals surface area (Å²) >= 11 is 7.41. The SMILES string of the molecule is O=C(c1ccc(-c2ccc(Cl)cc2)s1)N1CCCC(CO)C1. The molecule has 1 unspecified atom stereocenters. The molecule has 1 aromatic carbocycles. The molecule has 1 N–H and O–H groups in total. The van der Waals surface area contributed by atoms with Crippen LogP contribution < -0.4 is 0 Å². The Bertz CT molecular complexity index is 653. The van der Waals surface area contributed by atoms with E-state index >= 15 is 0 Å². The topological polar surface area (TPSA) is 40.5 Å². The van der Waals surface area contributed by atoms with Crippen molar-refractivity contribution in [3.05, 3.63) is 46.3 Å². The van der Waals surface area contributed by atoms with Gasteiger partial charge in [-0.1, -0.05) is 23.7 Å². The lowest BCUT2D eigenvalue weighted by Gasteiger charge is -2.31. The van der Waals surface area contributed by atoms with Gasteiger partial charge in [0.1, 0.15) is 0 Å². The maximum Gasteiger partial charge on any atom is 0.263 e. The van der Waals surface area contributed by atoms with Crippen molar-refractivity contribution in [2.24, 2.45) is 5.92 Å². The zero-order valence-electron chi connectivity index (χ0n) is 12.2. The smallest absolute Gasteiger partial charge is 0.263 e. The molecule has 0 radical (unpaired) electrons. The fourth-order valence-electron chi connectivity index (χ4n) is 2.78. The number of benzene rings is 1. The third-order valence-electron chi connectivity index (χ3n) is 4.01. The molecule has 1 saturated heterocycles. The first-order valence-electron chi connectivity index (χ1n) is 7.43. The highest BCUT2D eigenvalue weighted by atomic mass is 35.5. The van der Waals surface area contributed by atoms with Gasteiger partial charge in [-0.2, -0.15) is 0 Å². The maximum absolute atomic E-state index is 12.6. The first kappa shape index (κ1) is 15.5. The van der Waals surface area contributed by atoms with E-state index in [0.29, 0.717) is 11.6 Å². The number of likely N-dealkylation sites (tertiary alicyclic amines) is 1. The molecule has 116 valence electrons. The Morgan fingerprint density at radius 3 is 2.77 bits per heavy atom. The van der Waals surface area contributed by atoms with Crippen LogP contribution in [-0.4, -0.2) is 35.6 Å². The van der Waals surface area contributed by atoms with E-state index in [0.717, 1.165) is 34.7 Å². The van der Waals surface area contributed by atoms with Gasteiger partial charge in [0.25, 0.3) is 5.91 Å². The molecule has 1 aliphatic rings. The average molecular weight is 336 g/mol. The summed E-state index contributed by atoms with van der Waals surface area (Å²) in [5.41, 5.74) is 1.07. The highest BCUT2D eigenvalue weighted by Gasteiger charge is 2.25. The largest absolute Gasteiger partial charge is 0.396 e. The first-order chi connectivity index (χ1) is 10.7. The third kappa shape index (κ3) is 3.35. The molecule has 0 bridgehead atoms. The van der Waals surface area contributed by atoms with Crippen LogP contribution in [0.4, 0.5) is 0 Å². The second-order valence-corrected chi connectivity index (χ2v) is 7.13. The van der Waals surface area contributed by atoms with Crippen LogP contribution in [0.15, 0.2) is 36.4 Å².